The maximum absolute atomic E-state index is 12.4. The molecule has 3 aromatic rings. The van der Waals surface area contributed by atoms with Gasteiger partial charge in [-0.2, -0.15) is 0 Å². The molecule has 0 aliphatic rings. The van der Waals surface area contributed by atoms with E-state index in [-0.39, 0.29) is 11.2 Å². The van der Waals surface area contributed by atoms with Crippen molar-refractivity contribution in [1.29, 1.82) is 0 Å². The molecule has 0 saturated carbocycles. The molecule has 0 spiro atoms. The Bertz CT molecular complexity index is 919. The highest BCUT2D eigenvalue weighted by Gasteiger charge is 2.19. The van der Waals surface area contributed by atoms with Crippen LogP contribution in [0.1, 0.15) is 23.6 Å². The average molecular weight is 367 g/mol. The molecule has 1 aromatic heterocycles. The maximum Gasteiger partial charge on any atom is 0.277 e. The molecule has 0 saturated heterocycles. The first-order valence-corrected chi connectivity index (χ1v) is 9.25. The van der Waals surface area contributed by atoms with Crippen LogP contribution in [-0.2, 0) is 4.79 Å². The van der Waals surface area contributed by atoms with Gasteiger partial charge in [0.25, 0.3) is 5.22 Å². The summed E-state index contributed by atoms with van der Waals surface area (Å²) in [4.78, 5) is 12.4. The number of anilines is 1. The Kier molecular flexibility index (Phi) is 5.42. The molecular formula is C20H21N3O2S. The van der Waals surface area contributed by atoms with Gasteiger partial charge >= 0.3 is 0 Å². The Morgan fingerprint density at radius 1 is 1.04 bits per heavy atom. The number of thioether (sulfide) groups is 1. The number of benzene rings is 2. The molecule has 26 heavy (non-hydrogen) atoms. The third-order valence-corrected chi connectivity index (χ3v) is 4.93. The fourth-order valence-corrected chi connectivity index (χ4v) is 3.15. The highest BCUT2D eigenvalue weighted by molar-refractivity contribution is 8.00. The summed E-state index contributed by atoms with van der Waals surface area (Å²) in [6, 6.07) is 13.8. The second-order valence-corrected chi connectivity index (χ2v) is 7.60. The van der Waals surface area contributed by atoms with E-state index in [0.717, 1.165) is 22.4 Å². The van der Waals surface area contributed by atoms with Crippen LogP contribution in [0.3, 0.4) is 0 Å². The van der Waals surface area contributed by atoms with Crippen molar-refractivity contribution >= 4 is 23.4 Å². The number of nitrogens with zero attached hydrogens (tertiary/aromatic N) is 2. The first-order chi connectivity index (χ1) is 12.4. The summed E-state index contributed by atoms with van der Waals surface area (Å²) in [6.07, 6.45) is 0. The minimum Gasteiger partial charge on any atom is -0.411 e. The number of aromatic nitrogens is 2. The normalized spacial score (nSPS) is 12.0. The molecule has 2 aromatic carbocycles. The smallest absolute Gasteiger partial charge is 0.277 e. The predicted molar refractivity (Wildman–Crippen MR) is 104 cm³/mol. The van der Waals surface area contributed by atoms with Gasteiger partial charge in [-0.15, -0.1) is 10.2 Å². The zero-order valence-corrected chi connectivity index (χ0v) is 16.1. The van der Waals surface area contributed by atoms with Gasteiger partial charge in [-0.05, 0) is 51.5 Å². The fourth-order valence-electron chi connectivity index (χ4n) is 2.46. The number of carbonyl (C=O) groups is 1. The molecule has 0 bridgehead atoms. The average Bonchev–Trinajstić information content (AvgIpc) is 3.06. The van der Waals surface area contributed by atoms with Gasteiger partial charge in [0.05, 0.1) is 5.25 Å². The maximum atomic E-state index is 12.4. The van der Waals surface area contributed by atoms with Crippen LogP contribution in [0.15, 0.2) is 52.1 Å². The van der Waals surface area contributed by atoms with E-state index in [4.69, 9.17) is 4.42 Å². The molecule has 3 rings (SSSR count). The quantitative estimate of drug-likeness (QED) is 0.657. The number of rotatable bonds is 5. The Hall–Kier alpha value is -2.60. The SMILES string of the molecule is Cc1ccc(-c2nnc(SC(C)C(=O)Nc3ccc(C)cc3C)o2)cc1. The second kappa shape index (κ2) is 7.74. The molecule has 134 valence electrons. The van der Waals surface area contributed by atoms with Crippen molar-refractivity contribution in [3.8, 4) is 11.5 Å². The van der Waals surface area contributed by atoms with Crippen molar-refractivity contribution in [2.45, 2.75) is 38.2 Å². The van der Waals surface area contributed by atoms with E-state index in [1.165, 1.54) is 17.3 Å². The van der Waals surface area contributed by atoms with Crippen molar-refractivity contribution in [3.05, 3.63) is 59.2 Å². The predicted octanol–water partition coefficient (Wildman–Crippen LogP) is 4.78. The summed E-state index contributed by atoms with van der Waals surface area (Å²) in [5, 5.41) is 11.1. The summed E-state index contributed by atoms with van der Waals surface area (Å²) in [6.45, 7) is 7.85. The van der Waals surface area contributed by atoms with Gasteiger partial charge in [0, 0.05) is 11.3 Å². The molecular weight excluding hydrogens is 346 g/mol. The zero-order valence-electron chi connectivity index (χ0n) is 15.2. The van der Waals surface area contributed by atoms with Crippen molar-refractivity contribution in [2.75, 3.05) is 5.32 Å². The standard InChI is InChI=1S/C20H21N3O2S/c1-12-5-8-16(9-6-12)19-22-23-20(25-19)26-15(4)18(24)21-17-10-7-13(2)11-14(17)3/h5-11,15H,1-4H3,(H,21,24). The number of nitrogens with one attached hydrogen (secondary N) is 1. The number of hydrogen-bond acceptors (Lipinski definition) is 5. The van der Waals surface area contributed by atoms with E-state index in [9.17, 15) is 4.79 Å². The van der Waals surface area contributed by atoms with Gasteiger partial charge in [-0.1, -0.05) is 47.2 Å². The van der Waals surface area contributed by atoms with Gasteiger partial charge in [0.2, 0.25) is 11.8 Å². The molecule has 0 radical (unpaired) electrons. The topological polar surface area (TPSA) is 68.0 Å². The van der Waals surface area contributed by atoms with Crippen LogP contribution in [0.4, 0.5) is 5.69 Å². The first kappa shape index (κ1) is 18.2. The van der Waals surface area contributed by atoms with Gasteiger partial charge in [-0.25, -0.2) is 0 Å². The summed E-state index contributed by atoms with van der Waals surface area (Å²) in [5.41, 5.74) is 5.05. The molecule has 1 heterocycles. The third-order valence-electron chi connectivity index (χ3n) is 3.99. The van der Waals surface area contributed by atoms with Crippen LogP contribution in [0.2, 0.25) is 0 Å². The lowest BCUT2D eigenvalue weighted by molar-refractivity contribution is -0.115. The lowest BCUT2D eigenvalue weighted by atomic mass is 10.1. The third kappa shape index (κ3) is 4.32. The van der Waals surface area contributed by atoms with Crippen LogP contribution in [-0.4, -0.2) is 21.4 Å². The van der Waals surface area contributed by atoms with Crippen molar-refractivity contribution < 1.29 is 9.21 Å². The minimum absolute atomic E-state index is 0.1000. The largest absolute Gasteiger partial charge is 0.411 e. The van der Waals surface area contributed by atoms with Crippen molar-refractivity contribution in [3.63, 3.8) is 0 Å². The van der Waals surface area contributed by atoms with E-state index in [2.05, 4.69) is 15.5 Å². The number of amides is 1. The van der Waals surface area contributed by atoms with Crippen molar-refractivity contribution in [2.24, 2.45) is 0 Å². The molecule has 1 N–H and O–H groups in total. The van der Waals surface area contributed by atoms with Gasteiger partial charge < -0.3 is 9.73 Å². The van der Waals surface area contributed by atoms with Crippen LogP contribution >= 0.6 is 11.8 Å². The highest BCUT2D eigenvalue weighted by atomic mass is 32.2. The number of aryl methyl sites for hydroxylation is 3. The van der Waals surface area contributed by atoms with E-state index in [0.29, 0.717) is 11.1 Å². The molecule has 1 amide bonds. The molecule has 0 aliphatic heterocycles. The minimum atomic E-state index is -0.359. The van der Waals surface area contributed by atoms with E-state index in [1.54, 1.807) is 0 Å². The summed E-state index contributed by atoms with van der Waals surface area (Å²) < 4.78 is 5.68. The van der Waals surface area contributed by atoms with E-state index < -0.39 is 0 Å². The molecule has 1 atom stereocenters. The Balaban J connectivity index is 1.65. The molecule has 6 heteroatoms. The van der Waals surface area contributed by atoms with Gasteiger partial charge in [0.1, 0.15) is 0 Å². The van der Waals surface area contributed by atoms with Gasteiger partial charge in [0.15, 0.2) is 0 Å². The molecule has 1 unspecified atom stereocenters. The Labute approximate surface area is 157 Å². The number of carbonyl (C=O) groups excluding carboxylic acids is 1. The summed E-state index contributed by atoms with van der Waals surface area (Å²) in [7, 11) is 0. The van der Waals surface area contributed by atoms with Gasteiger partial charge in [-0.3, -0.25) is 4.79 Å². The van der Waals surface area contributed by atoms with Crippen LogP contribution in [0.25, 0.3) is 11.5 Å². The van der Waals surface area contributed by atoms with Crippen LogP contribution in [0, 0.1) is 20.8 Å². The summed E-state index contributed by atoms with van der Waals surface area (Å²) >= 11 is 1.25. The second-order valence-electron chi connectivity index (χ2n) is 6.31. The Morgan fingerprint density at radius 3 is 2.42 bits per heavy atom. The fraction of sp³-hybridized carbons (Fsp3) is 0.250. The lowest BCUT2D eigenvalue weighted by Gasteiger charge is -2.12. The zero-order chi connectivity index (χ0) is 18.7. The van der Waals surface area contributed by atoms with E-state index >= 15 is 0 Å². The number of hydrogen-bond donors (Lipinski definition) is 1. The van der Waals surface area contributed by atoms with Crippen molar-refractivity contribution in [1.82, 2.24) is 10.2 Å². The highest BCUT2D eigenvalue weighted by Crippen LogP contribution is 2.27. The summed E-state index contributed by atoms with van der Waals surface area (Å²) in [5.74, 6) is 0.353. The molecule has 0 aliphatic carbocycles. The van der Waals surface area contributed by atoms with Crippen LogP contribution < -0.4 is 5.32 Å². The monoisotopic (exact) mass is 367 g/mol. The Morgan fingerprint density at radius 2 is 1.73 bits per heavy atom. The van der Waals surface area contributed by atoms with Crippen LogP contribution in [0.5, 0.6) is 0 Å². The van der Waals surface area contributed by atoms with E-state index in [1.807, 2.05) is 70.2 Å². The molecule has 0 fully saturated rings. The lowest BCUT2D eigenvalue weighted by Crippen LogP contribution is -2.22. The molecule has 5 nitrogen and oxygen atoms in total. The first-order valence-electron chi connectivity index (χ1n) is 8.37.